The lowest BCUT2D eigenvalue weighted by molar-refractivity contribution is 0.314. The van der Waals surface area contributed by atoms with Gasteiger partial charge in [-0.3, -0.25) is 9.88 Å². The van der Waals surface area contributed by atoms with Crippen molar-refractivity contribution in [1.82, 2.24) is 14.9 Å². The number of benzene rings is 1. The Labute approximate surface area is 127 Å². The van der Waals surface area contributed by atoms with E-state index in [1.54, 1.807) is 0 Å². The summed E-state index contributed by atoms with van der Waals surface area (Å²) in [7, 11) is 2.11. The quantitative estimate of drug-likeness (QED) is 0.847. The van der Waals surface area contributed by atoms with Gasteiger partial charge in [-0.25, -0.2) is 4.98 Å². The molecule has 1 aromatic heterocycles. The van der Waals surface area contributed by atoms with Crippen LogP contribution in [0, 0.1) is 6.92 Å². The third kappa shape index (κ3) is 4.83. The summed E-state index contributed by atoms with van der Waals surface area (Å²) in [6.45, 7) is 6.94. The Morgan fingerprint density at radius 3 is 2.57 bits per heavy atom. The summed E-state index contributed by atoms with van der Waals surface area (Å²) in [5.74, 6) is 0.849. The largest absolute Gasteiger partial charge is 0.369 e. The standard InChI is InChI=1S/C17H24N4/c1-4-9-18-17-11-19-16(10-20-17)13-21(3)12-15-8-6-5-7-14(15)2/h5-8,10-11H,4,9,12-13H2,1-3H3,(H,18,20). The van der Waals surface area contributed by atoms with Gasteiger partial charge in [-0.1, -0.05) is 31.2 Å². The molecule has 0 bridgehead atoms. The Bertz CT molecular complexity index is 551. The molecule has 21 heavy (non-hydrogen) atoms. The molecule has 2 aromatic rings. The van der Waals surface area contributed by atoms with Crippen molar-refractivity contribution in [2.24, 2.45) is 0 Å². The molecule has 0 aliphatic heterocycles. The molecule has 4 nitrogen and oxygen atoms in total. The maximum absolute atomic E-state index is 4.47. The molecule has 0 radical (unpaired) electrons. The number of hydrogen-bond donors (Lipinski definition) is 1. The van der Waals surface area contributed by atoms with Crippen molar-refractivity contribution >= 4 is 5.82 Å². The molecule has 0 unspecified atom stereocenters. The molecule has 0 saturated heterocycles. The number of aryl methyl sites for hydroxylation is 1. The van der Waals surface area contributed by atoms with Crippen LogP contribution in [0.3, 0.4) is 0 Å². The predicted octanol–water partition coefficient (Wildman–Crippen LogP) is 3.24. The lowest BCUT2D eigenvalue weighted by Crippen LogP contribution is -2.18. The van der Waals surface area contributed by atoms with E-state index in [9.17, 15) is 0 Å². The second kappa shape index (κ2) is 7.74. The molecule has 0 fully saturated rings. The fourth-order valence-corrected chi connectivity index (χ4v) is 2.19. The first-order chi connectivity index (χ1) is 10.2. The van der Waals surface area contributed by atoms with Crippen LogP contribution in [0.2, 0.25) is 0 Å². The number of rotatable bonds is 7. The molecule has 1 heterocycles. The average Bonchev–Trinajstić information content (AvgIpc) is 2.49. The van der Waals surface area contributed by atoms with Gasteiger partial charge in [-0.15, -0.1) is 0 Å². The van der Waals surface area contributed by atoms with Crippen LogP contribution in [-0.2, 0) is 13.1 Å². The average molecular weight is 284 g/mol. The highest BCUT2D eigenvalue weighted by Crippen LogP contribution is 2.11. The highest BCUT2D eigenvalue weighted by molar-refractivity contribution is 5.30. The molecular weight excluding hydrogens is 260 g/mol. The molecule has 4 heteroatoms. The number of anilines is 1. The van der Waals surface area contributed by atoms with Crippen LogP contribution in [0.15, 0.2) is 36.7 Å². The van der Waals surface area contributed by atoms with E-state index in [2.05, 4.69) is 65.3 Å². The van der Waals surface area contributed by atoms with E-state index >= 15 is 0 Å². The number of nitrogens with zero attached hydrogens (tertiary/aromatic N) is 3. The van der Waals surface area contributed by atoms with E-state index in [0.29, 0.717) is 0 Å². The van der Waals surface area contributed by atoms with Crippen LogP contribution in [-0.4, -0.2) is 28.5 Å². The van der Waals surface area contributed by atoms with Crippen LogP contribution < -0.4 is 5.32 Å². The number of aromatic nitrogens is 2. The Morgan fingerprint density at radius 1 is 1.10 bits per heavy atom. The number of nitrogens with one attached hydrogen (secondary N) is 1. The van der Waals surface area contributed by atoms with Crippen LogP contribution in [0.4, 0.5) is 5.82 Å². The summed E-state index contributed by atoms with van der Waals surface area (Å²) in [5.41, 5.74) is 3.68. The minimum absolute atomic E-state index is 0.801. The van der Waals surface area contributed by atoms with Gasteiger partial charge in [0.15, 0.2) is 0 Å². The smallest absolute Gasteiger partial charge is 0.144 e. The summed E-state index contributed by atoms with van der Waals surface area (Å²) < 4.78 is 0. The van der Waals surface area contributed by atoms with Crippen molar-refractivity contribution in [2.45, 2.75) is 33.4 Å². The van der Waals surface area contributed by atoms with E-state index in [0.717, 1.165) is 37.6 Å². The Kier molecular flexibility index (Phi) is 5.69. The minimum Gasteiger partial charge on any atom is -0.369 e. The Hall–Kier alpha value is -1.94. The van der Waals surface area contributed by atoms with Gasteiger partial charge in [0, 0.05) is 19.6 Å². The second-order valence-electron chi connectivity index (χ2n) is 5.42. The van der Waals surface area contributed by atoms with Gasteiger partial charge in [0.25, 0.3) is 0 Å². The lowest BCUT2D eigenvalue weighted by Gasteiger charge is -2.17. The van der Waals surface area contributed by atoms with Crippen LogP contribution in [0.25, 0.3) is 0 Å². The van der Waals surface area contributed by atoms with Crippen LogP contribution in [0.5, 0.6) is 0 Å². The van der Waals surface area contributed by atoms with Gasteiger partial charge in [-0.05, 0) is 31.5 Å². The van der Waals surface area contributed by atoms with E-state index in [4.69, 9.17) is 0 Å². The van der Waals surface area contributed by atoms with E-state index in [1.165, 1.54) is 11.1 Å². The van der Waals surface area contributed by atoms with Gasteiger partial charge in [-0.2, -0.15) is 0 Å². The van der Waals surface area contributed by atoms with Gasteiger partial charge >= 0.3 is 0 Å². The topological polar surface area (TPSA) is 41.1 Å². The van der Waals surface area contributed by atoms with Crippen molar-refractivity contribution in [1.29, 1.82) is 0 Å². The van der Waals surface area contributed by atoms with E-state index < -0.39 is 0 Å². The first-order valence-electron chi connectivity index (χ1n) is 7.47. The summed E-state index contributed by atoms with van der Waals surface area (Å²) in [4.78, 5) is 11.1. The predicted molar refractivity (Wildman–Crippen MR) is 87.2 cm³/mol. The molecule has 0 aliphatic rings. The molecule has 2 rings (SSSR count). The number of hydrogen-bond acceptors (Lipinski definition) is 4. The Morgan fingerprint density at radius 2 is 1.90 bits per heavy atom. The SMILES string of the molecule is CCCNc1cnc(CN(C)Cc2ccccc2C)cn1. The monoisotopic (exact) mass is 284 g/mol. The van der Waals surface area contributed by atoms with Gasteiger partial charge < -0.3 is 5.32 Å². The lowest BCUT2D eigenvalue weighted by atomic mass is 10.1. The first-order valence-corrected chi connectivity index (χ1v) is 7.47. The molecule has 0 saturated carbocycles. The van der Waals surface area contributed by atoms with Crippen molar-refractivity contribution < 1.29 is 0 Å². The zero-order valence-corrected chi connectivity index (χ0v) is 13.1. The molecular formula is C17H24N4. The van der Waals surface area contributed by atoms with Crippen molar-refractivity contribution in [3.05, 3.63) is 53.5 Å². The van der Waals surface area contributed by atoms with Crippen LogP contribution in [0.1, 0.15) is 30.2 Å². The zero-order valence-electron chi connectivity index (χ0n) is 13.1. The van der Waals surface area contributed by atoms with E-state index in [1.807, 2.05) is 12.4 Å². The summed E-state index contributed by atoms with van der Waals surface area (Å²) in [6, 6.07) is 8.49. The Balaban J connectivity index is 1.90. The summed E-state index contributed by atoms with van der Waals surface area (Å²) in [5, 5.41) is 3.23. The summed E-state index contributed by atoms with van der Waals surface area (Å²) >= 11 is 0. The van der Waals surface area contributed by atoms with E-state index in [-0.39, 0.29) is 0 Å². The minimum atomic E-state index is 0.801. The highest BCUT2D eigenvalue weighted by Gasteiger charge is 2.05. The maximum Gasteiger partial charge on any atom is 0.144 e. The third-order valence-electron chi connectivity index (χ3n) is 3.39. The molecule has 0 aliphatic carbocycles. The fourth-order valence-electron chi connectivity index (χ4n) is 2.19. The van der Waals surface area contributed by atoms with Crippen molar-refractivity contribution in [3.8, 4) is 0 Å². The molecule has 0 amide bonds. The van der Waals surface area contributed by atoms with Crippen molar-refractivity contribution in [2.75, 3.05) is 18.9 Å². The highest BCUT2D eigenvalue weighted by atomic mass is 15.1. The molecule has 112 valence electrons. The molecule has 1 aromatic carbocycles. The molecule has 0 atom stereocenters. The van der Waals surface area contributed by atoms with Crippen LogP contribution >= 0.6 is 0 Å². The summed E-state index contributed by atoms with van der Waals surface area (Å²) in [6.07, 6.45) is 4.75. The third-order valence-corrected chi connectivity index (χ3v) is 3.39. The van der Waals surface area contributed by atoms with Crippen molar-refractivity contribution in [3.63, 3.8) is 0 Å². The zero-order chi connectivity index (χ0) is 15.1. The normalized spacial score (nSPS) is 10.9. The second-order valence-corrected chi connectivity index (χ2v) is 5.42. The van der Waals surface area contributed by atoms with Gasteiger partial charge in [0.2, 0.25) is 0 Å². The van der Waals surface area contributed by atoms with Gasteiger partial charge in [0.05, 0.1) is 18.1 Å². The van der Waals surface area contributed by atoms with Gasteiger partial charge in [0.1, 0.15) is 5.82 Å². The first kappa shape index (κ1) is 15.4. The fraction of sp³-hybridized carbons (Fsp3) is 0.412. The molecule has 1 N–H and O–H groups in total. The maximum atomic E-state index is 4.47. The molecule has 0 spiro atoms.